The van der Waals surface area contributed by atoms with Crippen molar-refractivity contribution in [1.82, 2.24) is 4.90 Å². The number of primary amides is 1. The number of phenolic OH excluding ortho intramolecular Hbond substituents is 1. The minimum absolute atomic E-state index is 0.0853. The number of likely N-dealkylation sites (N-methyl/N-ethyl adjacent to an activating group) is 1. The average Bonchev–Trinajstić information content (AvgIpc) is 2.84. The number of aliphatic hydroxyl groups is 3. The summed E-state index contributed by atoms with van der Waals surface area (Å²) in [6.45, 7) is 8.08. The van der Waals surface area contributed by atoms with Gasteiger partial charge >= 0.3 is 5.97 Å². The highest BCUT2D eigenvalue weighted by atomic mass is 16.6. The fraction of sp³-hybridized carbons (Fsp3) is 0.483. The van der Waals surface area contributed by atoms with Crippen LogP contribution >= 0.6 is 0 Å². The summed E-state index contributed by atoms with van der Waals surface area (Å²) in [7, 11) is 2.82. The topological polar surface area (TPSA) is 205 Å². The number of benzene rings is 1. The fourth-order valence-corrected chi connectivity index (χ4v) is 6.54. The first-order chi connectivity index (χ1) is 18.8. The Morgan fingerprint density at radius 3 is 2.15 bits per heavy atom. The molecule has 1 amide bonds. The van der Waals surface area contributed by atoms with Gasteiger partial charge in [0.05, 0.1) is 17.5 Å². The molecule has 0 spiro atoms. The van der Waals surface area contributed by atoms with Gasteiger partial charge in [-0.1, -0.05) is 39.8 Å². The Morgan fingerprint density at radius 2 is 1.66 bits per heavy atom. The maximum Gasteiger partial charge on any atom is 0.374 e. The van der Waals surface area contributed by atoms with Gasteiger partial charge < -0.3 is 30.9 Å². The first-order valence-corrected chi connectivity index (χ1v) is 13.0. The number of esters is 1. The number of phenols is 1. The van der Waals surface area contributed by atoms with Crippen molar-refractivity contribution in [2.75, 3.05) is 14.1 Å². The second kappa shape index (κ2) is 9.52. The van der Waals surface area contributed by atoms with Crippen molar-refractivity contribution in [2.24, 2.45) is 17.6 Å². The molecule has 1 saturated carbocycles. The number of amides is 1. The van der Waals surface area contributed by atoms with Crippen molar-refractivity contribution in [3.8, 4) is 5.75 Å². The smallest absolute Gasteiger partial charge is 0.374 e. The lowest BCUT2D eigenvalue weighted by molar-refractivity contribution is -0.186. The second-order valence-electron chi connectivity index (χ2n) is 12.2. The number of rotatable bonds is 4. The molecule has 41 heavy (non-hydrogen) atoms. The third-order valence-corrected chi connectivity index (χ3v) is 8.44. The molecule has 0 aliphatic heterocycles. The van der Waals surface area contributed by atoms with E-state index in [0.717, 1.165) is 6.92 Å². The molecule has 0 heterocycles. The van der Waals surface area contributed by atoms with Crippen molar-refractivity contribution >= 4 is 35.0 Å². The summed E-state index contributed by atoms with van der Waals surface area (Å²) in [6, 6.07) is 1.79. The van der Waals surface area contributed by atoms with Gasteiger partial charge in [0.15, 0.2) is 11.4 Å². The zero-order valence-corrected chi connectivity index (χ0v) is 23.8. The molecule has 1 fully saturated rings. The van der Waals surface area contributed by atoms with Gasteiger partial charge in [-0.3, -0.25) is 24.1 Å². The zero-order valence-electron chi connectivity index (χ0n) is 23.8. The molecule has 3 aliphatic rings. The predicted octanol–water partition coefficient (Wildman–Crippen LogP) is 0.933. The summed E-state index contributed by atoms with van der Waals surface area (Å²) in [6.07, 6.45) is -1.65. The van der Waals surface area contributed by atoms with Gasteiger partial charge in [-0.25, -0.2) is 4.79 Å². The van der Waals surface area contributed by atoms with Gasteiger partial charge in [-0.15, -0.1) is 0 Å². The van der Waals surface area contributed by atoms with E-state index in [4.69, 9.17) is 10.5 Å². The summed E-state index contributed by atoms with van der Waals surface area (Å²) >= 11 is 0. The van der Waals surface area contributed by atoms with E-state index in [0.29, 0.717) is 11.1 Å². The fourth-order valence-electron chi connectivity index (χ4n) is 6.54. The zero-order chi connectivity index (χ0) is 31.1. The van der Waals surface area contributed by atoms with Crippen molar-refractivity contribution in [2.45, 2.75) is 63.7 Å². The number of nitrogens with two attached hydrogens (primary N) is 1. The highest BCUT2D eigenvalue weighted by Crippen LogP contribution is 2.57. The van der Waals surface area contributed by atoms with E-state index >= 15 is 0 Å². The molecule has 1 aromatic carbocycles. The second-order valence-corrected chi connectivity index (χ2v) is 12.2. The normalized spacial score (nSPS) is 29.6. The molecule has 220 valence electrons. The molecule has 0 aromatic heterocycles. The molecule has 4 rings (SSSR count). The van der Waals surface area contributed by atoms with Gasteiger partial charge in [0.1, 0.15) is 28.9 Å². The Morgan fingerprint density at radius 1 is 1.07 bits per heavy atom. The summed E-state index contributed by atoms with van der Waals surface area (Å²) < 4.78 is 5.58. The number of hydrogen-bond acceptors (Lipinski definition) is 11. The van der Waals surface area contributed by atoms with Gasteiger partial charge in [0, 0.05) is 24.0 Å². The lowest BCUT2D eigenvalue weighted by atomic mass is 9.54. The van der Waals surface area contributed by atoms with E-state index in [2.05, 4.69) is 0 Å². The van der Waals surface area contributed by atoms with Gasteiger partial charge in [-0.05, 0) is 31.0 Å². The van der Waals surface area contributed by atoms with E-state index < -0.39 is 92.8 Å². The molecule has 0 radical (unpaired) electrons. The van der Waals surface area contributed by atoms with Crippen molar-refractivity contribution in [1.29, 1.82) is 0 Å². The highest BCUT2D eigenvalue weighted by molar-refractivity contribution is 6.32. The number of carbonyl (C=O) groups excluding carboxylic acids is 5. The Kier molecular flexibility index (Phi) is 6.95. The average molecular weight is 571 g/mol. The van der Waals surface area contributed by atoms with Gasteiger partial charge in [0.25, 0.3) is 5.91 Å². The SMILES string of the molecule is CC(=O)C(=O)OC1C2C(=C(O)c3c(ccc(C(C)(C)C)c3O)C2C)C(=O)[C@]2(O)C(O)=C(C(N)=O)C(=O)[C@@H](N(C)C)C12. The van der Waals surface area contributed by atoms with E-state index in [-0.39, 0.29) is 11.3 Å². The monoisotopic (exact) mass is 570 g/mol. The number of nitrogens with zero attached hydrogens (tertiary/aromatic N) is 1. The Bertz CT molecular complexity index is 1480. The van der Waals surface area contributed by atoms with Crippen molar-refractivity contribution < 1.29 is 49.1 Å². The maximum atomic E-state index is 14.3. The van der Waals surface area contributed by atoms with Gasteiger partial charge in [0.2, 0.25) is 11.6 Å². The van der Waals surface area contributed by atoms with Crippen LogP contribution in [0.5, 0.6) is 5.75 Å². The Hall–Kier alpha value is -4.03. The van der Waals surface area contributed by atoms with E-state index in [1.807, 2.05) is 20.8 Å². The number of hydrogen-bond donors (Lipinski definition) is 5. The van der Waals surface area contributed by atoms with Crippen LogP contribution in [-0.2, 0) is 34.1 Å². The van der Waals surface area contributed by atoms with Crippen LogP contribution in [0.4, 0.5) is 0 Å². The number of aromatic hydroxyl groups is 1. The lowest BCUT2D eigenvalue weighted by Gasteiger charge is -2.54. The number of fused-ring (bicyclic) bond motifs is 3. The maximum absolute atomic E-state index is 14.3. The molecule has 4 unspecified atom stereocenters. The van der Waals surface area contributed by atoms with Crippen LogP contribution in [0.1, 0.15) is 57.2 Å². The first-order valence-electron chi connectivity index (χ1n) is 13.0. The van der Waals surface area contributed by atoms with Crippen LogP contribution in [0.2, 0.25) is 0 Å². The predicted molar refractivity (Wildman–Crippen MR) is 144 cm³/mol. The molecule has 3 aliphatic carbocycles. The number of carbonyl (C=O) groups is 5. The van der Waals surface area contributed by atoms with E-state index in [1.54, 1.807) is 19.1 Å². The third-order valence-electron chi connectivity index (χ3n) is 8.44. The van der Waals surface area contributed by atoms with Crippen LogP contribution < -0.4 is 5.73 Å². The van der Waals surface area contributed by atoms with Crippen LogP contribution in [0.15, 0.2) is 29.0 Å². The van der Waals surface area contributed by atoms with E-state index in [9.17, 15) is 44.4 Å². The van der Waals surface area contributed by atoms with Crippen LogP contribution in [-0.4, -0.2) is 86.4 Å². The molecule has 0 bridgehead atoms. The van der Waals surface area contributed by atoms with Crippen LogP contribution in [0, 0.1) is 11.8 Å². The molecular formula is C29H34N2O10. The summed E-state index contributed by atoms with van der Waals surface area (Å²) in [5.41, 5.74) is 0.926. The van der Waals surface area contributed by atoms with Crippen LogP contribution in [0.25, 0.3) is 5.76 Å². The molecule has 6 atom stereocenters. The number of ether oxygens (including phenoxy) is 1. The highest BCUT2D eigenvalue weighted by Gasteiger charge is 2.69. The molecular weight excluding hydrogens is 536 g/mol. The molecule has 6 N–H and O–H groups in total. The molecule has 1 aromatic rings. The molecule has 12 nitrogen and oxygen atoms in total. The minimum Gasteiger partial charge on any atom is -0.508 e. The first kappa shape index (κ1) is 29.9. The standard InChI is InChI=1S/C29H34N2O10/c1-10-12-8-9-13(28(3,4)5)20(33)15(12)21(34)16-14(10)23(41-27(39)11(2)32)18-19(31(6)7)22(35)17(26(30)38)25(37)29(18,40)24(16)36/h8-10,14,18-19,23,33-34,37,40H,1-7H3,(H2,30,38)/t10?,14?,18?,19-,23?,29-/m0/s1. The molecule has 12 heteroatoms. The number of Topliss-reactive ketones (excluding diaryl/α,β-unsaturated/α-hetero) is 3. The lowest BCUT2D eigenvalue weighted by Crippen LogP contribution is -2.71. The quantitative estimate of drug-likeness (QED) is 0.196. The van der Waals surface area contributed by atoms with E-state index in [1.165, 1.54) is 19.0 Å². The summed E-state index contributed by atoms with van der Waals surface area (Å²) in [5, 5.41) is 46.0. The largest absolute Gasteiger partial charge is 0.508 e. The summed E-state index contributed by atoms with van der Waals surface area (Å²) in [4.78, 5) is 66.0. The number of ketones is 3. The van der Waals surface area contributed by atoms with Crippen molar-refractivity contribution in [3.05, 3.63) is 45.7 Å². The van der Waals surface area contributed by atoms with Gasteiger partial charge in [-0.2, -0.15) is 0 Å². The van der Waals surface area contributed by atoms with Crippen molar-refractivity contribution in [3.63, 3.8) is 0 Å². The minimum atomic E-state index is -3.08. The molecule has 0 saturated heterocycles. The Balaban J connectivity index is 2.14. The number of aliphatic hydroxyl groups excluding tert-OH is 2. The van der Waals surface area contributed by atoms with Crippen LogP contribution in [0.3, 0.4) is 0 Å². The third kappa shape index (κ3) is 4.07. The Labute approximate surface area is 236 Å². The summed E-state index contributed by atoms with van der Waals surface area (Å²) in [5.74, 6) is -12.2.